The molecule has 1 aliphatic heterocycles. The molecule has 0 saturated carbocycles. The van der Waals surface area contributed by atoms with Crippen LogP contribution in [-0.2, 0) is 0 Å². The first kappa shape index (κ1) is 14.3. The largest absolute Gasteiger partial charge is 0.309 e. The average Bonchev–Trinajstić information content (AvgIpc) is 3.20. The number of nitrogens with zero attached hydrogens (tertiary/aromatic N) is 3. The van der Waals surface area contributed by atoms with Crippen molar-refractivity contribution in [2.75, 3.05) is 26.2 Å². The minimum atomic E-state index is 0.338. The third-order valence-corrected chi connectivity index (χ3v) is 4.20. The summed E-state index contributed by atoms with van der Waals surface area (Å²) in [6, 6.07) is 10.6. The molecule has 4 nitrogen and oxygen atoms in total. The van der Waals surface area contributed by atoms with Crippen LogP contribution in [0.4, 0.5) is 0 Å². The third-order valence-electron chi connectivity index (χ3n) is 4.20. The van der Waals surface area contributed by atoms with Gasteiger partial charge in [-0.1, -0.05) is 18.2 Å². The molecule has 1 aromatic heterocycles. The highest BCUT2D eigenvalue weighted by Crippen LogP contribution is 2.14. The molecule has 0 radical (unpaired) electrons. The predicted molar refractivity (Wildman–Crippen MR) is 85.7 cm³/mol. The molecule has 1 unspecified atom stereocenters. The zero-order valence-electron chi connectivity index (χ0n) is 12.7. The van der Waals surface area contributed by atoms with Gasteiger partial charge in [-0.15, -0.1) is 0 Å². The first-order valence-electron chi connectivity index (χ1n) is 7.88. The van der Waals surface area contributed by atoms with E-state index in [1.165, 1.54) is 31.5 Å². The third kappa shape index (κ3) is 3.71. The number of nitrogens with one attached hydrogen (secondary N) is 1. The van der Waals surface area contributed by atoms with Gasteiger partial charge in [0.2, 0.25) is 0 Å². The van der Waals surface area contributed by atoms with Gasteiger partial charge in [-0.2, -0.15) is 5.10 Å². The summed E-state index contributed by atoms with van der Waals surface area (Å²) in [7, 11) is 0. The molecule has 2 heterocycles. The van der Waals surface area contributed by atoms with Crippen LogP contribution in [0.15, 0.2) is 42.7 Å². The number of para-hydroxylation sites is 1. The second-order valence-corrected chi connectivity index (χ2v) is 5.78. The summed E-state index contributed by atoms with van der Waals surface area (Å²) >= 11 is 0. The smallest absolute Gasteiger partial charge is 0.0645 e. The summed E-state index contributed by atoms with van der Waals surface area (Å²) in [6.07, 6.45) is 6.79. The maximum Gasteiger partial charge on any atom is 0.0645 e. The van der Waals surface area contributed by atoms with E-state index in [1.54, 1.807) is 0 Å². The summed E-state index contributed by atoms with van der Waals surface area (Å²) in [5.41, 5.74) is 2.34. The molecule has 21 heavy (non-hydrogen) atoms. The monoisotopic (exact) mass is 284 g/mol. The fourth-order valence-corrected chi connectivity index (χ4v) is 2.85. The fraction of sp³-hybridized carbons (Fsp3) is 0.471. The first-order valence-corrected chi connectivity index (χ1v) is 7.88. The van der Waals surface area contributed by atoms with Crippen molar-refractivity contribution >= 4 is 0 Å². The fourth-order valence-electron chi connectivity index (χ4n) is 2.85. The molecule has 3 rings (SSSR count). The highest BCUT2D eigenvalue weighted by Gasteiger charge is 2.12. The zero-order valence-corrected chi connectivity index (χ0v) is 12.7. The topological polar surface area (TPSA) is 33.1 Å². The number of aromatic nitrogens is 2. The molecule has 0 spiro atoms. The number of hydrogen-bond acceptors (Lipinski definition) is 3. The van der Waals surface area contributed by atoms with Gasteiger partial charge in [0.25, 0.3) is 0 Å². The van der Waals surface area contributed by atoms with E-state index in [1.807, 2.05) is 29.1 Å². The minimum Gasteiger partial charge on any atom is -0.309 e. The molecule has 112 valence electrons. The first-order chi connectivity index (χ1) is 10.3. The van der Waals surface area contributed by atoms with Crippen LogP contribution in [0.5, 0.6) is 0 Å². The number of benzene rings is 1. The molecule has 0 amide bonds. The number of rotatable bonds is 6. The normalized spacial score (nSPS) is 17.2. The standard InChI is InChI=1S/C17H24N4/c1-15(18-9-12-20-10-5-6-11-20)16-13-19-21(14-16)17-7-3-2-4-8-17/h2-4,7-8,13-15,18H,5-6,9-12H2,1H3. The van der Waals surface area contributed by atoms with Crippen LogP contribution in [-0.4, -0.2) is 40.9 Å². The van der Waals surface area contributed by atoms with E-state index in [9.17, 15) is 0 Å². The van der Waals surface area contributed by atoms with E-state index in [0.717, 1.165) is 18.8 Å². The molecule has 1 aromatic carbocycles. The van der Waals surface area contributed by atoms with Crippen LogP contribution in [0.25, 0.3) is 5.69 Å². The lowest BCUT2D eigenvalue weighted by Crippen LogP contribution is -2.31. The Morgan fingerprint density at radius 1 is 1.19 bits per heavy atom. The van der Waals surface area contributed by atoms with E-state index >= 15 is 0 Å². The molecule has 1 N–H and O–H groups in total. The molecule has 0 bridgehead atoms. The number of likely N-dealkylation sites (tertiary alicyclic amines) is 1. The Balaban J connectivity index is 1.53. The van der Waals surface area contributed by atoms with Crippen molar-refractivity contribution in [3.05, 3.63) is 48.3 Å². The Hall–Kier alpha value is -1.65. The van der Waals surface area contributed by atoms with Crippen molar-refractivity contribution in [1.82, 2.24) is 20.0 Å². The lowest BCUT2D eigenvalue weighted by Gasteiger charge is -2.17. The van der Waals surface area contributed by atoms with Crippen molar-refractivity contribution in [3.63, 3.8) is 0 Å². The van der Waals surface area contributed by atoms with E-state index in [2.05, 4.69) is 40.6 Å². The molecule has 1 fully saturated rings. The van der Waals surface area contributed by atoms with Crippen molar-refractivity contribution in [3.8, 4) is 5.69 Å². The molecular weight excluding hydrogens is 260 g/mol. The highest BCUT2D eigenvalue weighted by molar-refractivity contribution is 5.31. The van der Waals surface area contributed by atoms with Gasteiger partial charge in [0.1, 0.15) is 0 Å². The zero-order chi connectivity index (χ0) is 14.5. The van der Waals surface area contributed by atoms with Gasteiger partial charge >= 0.3 is 0 Å². The Labute approximate surface area is 126 Å². The van der Waals surface area contributed by atoms with Crippen molar-refractivity contribution in [2.24, 2.45) is 0 Å². The van der Waals surface area contributed by atoms with Gasteiger partial charge in [0, 0.05) is 30.9 Å². The van der Waals surface area contributed by atoms with Crippen LogP contribution in [0, 0.1) is 0 Å². The molecule has 1 saturated heterocycles. The SMILES string of the molecule is CC(NCCN1CCCC1)c1cnn(-c2ccccc2)c1. The Bertz CT molecular complexity index is 543. The number of hydrogen-bond donors (Lipinski definition) is 1. The van der Waals surface area contributed by atoms with Gasteiger partial charge in [-0.05, 0) is 45.0 Å². The minimum absolute atomic E-state index is 0.338. The van der Waals surface area contributed by atoms with Gasteiger partial charge in [-0.25, -0.2) is 4.68 Å². The van der Waals surface area contributed by atoms with Crippen LogP contribution in [0.3, 0.4) is 0 Å². The van der Waals surface area contributed by atoms with E-state index in [0.29, 0.717) is 6.04 Å². The molecular formula is C17H24N4. The lowest BCUT2D eigenvalue weighted by atomic mass is 10.2. The van der Waals surface area contributed by atoms with Crippen LogP contribution >= 0.6 is 0 Å². The van der Waals surface area contributed by atoms with E-state index < -0.39 is 0 Å². The summed E-state index contributed by atoms with van der Waals surface area (Å²) in [6.45, 7) is 6.93. The second kappa shape index (κ2) is 6.87. The van der Waals surface area contributed by atoms with Crippen LogP contribution < -0.4 is 5.32 Å². The molecule has 2 aromatic rings. The molecule has 1 atom stereocenters. The Morgan fingerprint density at radius 2 is 1.95 bits per heavy atom. The quantitative estimate of drug-likeness (QED) is 0.885. The molecule has 1 aliphatic rings. The summed E-state index contributed by atoms with van der Waals surface area (Å²) in [5.74, 6) is 0. The van der Waals surface area contributed by atoms with Crippen molar-refractivity contribution < 1.29 is 0 Å². The van der Waals surface area contributed by atoms with Crippen LogP contribution in [0.1, 0.15) is 31.4 Å². The summed E-state index contributed by atoms with van der Waals surface area (Å²) in [4.78, 5) is 2.53. The van der Waals surface area contributed by atoms with Crippen molar-refractivity contribution in [1.29, 1.82) is 0 Å². The Morgan fingerprint density at radius 3 is 2.71 bits per heavy atom. The van der Waals surface area contributed by atoms with E-state index in [4.69, 9.17) is 0 Å². The van der Waals surface area contributed by atoms with Crippen molar-refractivity contribution in [2.45, 2.75) is 25.8 Å². The van der Waals surface area contributed by atoms with Gasteiger partial charge < -0.3 is 10.2 Å². The highest BCUT2D eigenvalue weighted by atomic mass is 15.3. The maximum absolute atomic E-state index is 4.46. The maximum atomic E-state index is 4.46. The summed E-state index contributed by atoms with van der Waals surface area (Å²) < 4.78 is 1.94. The van der Waals surface area contributed by atoms with Gasteiger partial charge in [-0.3, -0.25) is 0 Å². The van der Waals surface area contributed by atoms with Crippen LogP contribution in [0.2, 0.25) is 0 Å². The predicted octanol–water partition coefficient (Wildman–Crippen LogP) is 2.62. The second-order valence-electron chi connectivity index (χ2n) is 5.78. The lowest BCUT2D eigenvalue weighted by molar-refractivity contribution is 0.330. The average molecular weight is 284 g/mol. The molecule has 4 heteroatoms. The van der Waals surface area contributed by atoms with Gasteiger partial charge in [0.15, 0.2) is 0 Å². The summed E-state index contributed by atoms with van der Waals surface area (Å²) in [5, 5.41) is 8.05. The van der Waals surface area contributed by atoms with Gasteiger partial charge in [0.05, 0.1) is 11.9 Å². The molecule has 0 aliphatic carbocycles. The Kier molecular flexibility index (Phi) is 4.68. The van der Waals surface area contributed by atoms with E-state index in [-0.39, 0.29) is 0 Å².